The van der Waals surface area contributed by atoms with Crippen molar-refractivity contribution in [2.45, 2.75) is 45.1 Å². The molecule has 3 rings (SSSR count). The van der Waals surface area contributed by atoms with Gasteiger partial charge in [0, 0.05) is 32.2 Å². The van der Waals surface area contributed by atoms with Crippen molar-refractivity contribution >= 4 is 17.5 Å². The molecule has 0 bridgehead atoms. The number of carbonyl (C=O) groups is 1. The van der Waals surface area contributed by atoms with E-state index >= 15 is 0 Å². The zero-order valence-corrected chi connectivity index (χ0v) is 14.2. The van der Waals surface area contributed by atoms with E-state index in [2.05, 4.69) is 5.32 Å². The van der Waals surface area contributed by atoms with Crippen LogP contribution in [0, 0.1) is 0 Å². The van der Waals surface area contributed by atoms with Crippen molar-refractivity contribution in [1.29, 1.82) is 0 Å². The molecule has 132 valence electrons. The Hall–Kier alpha value is -2.05. The van der Waals surface area contributed by atoms with Crippen molar-refractivity contribution in [3.05, 3.63) is 20.4 Å². The van der Waals surface area contributed by atoms with Crippen molar-refractivity contribution in [3.63, 3.8) is 0 Å². The van der Waals surface area contributed by atoms with E-state index in [0.717, 1.165) is 12.8 Å². The van der Waals surface area contributed by atoms with Crippen molar-refractivity contribution in [1.82, 2.24) is 4.90 Å². The first-order chi connectivity index (χ1) is 11.6. The van der Waals surface area contributed by atoms with Gasteiger partial charge in [0.2, 0.25) is 0 Å². The minimum absolute atomic E-state index is 0.293. The number of hydrogen-bond donors (Lipinski definition) is 1. The maximum Gasteiger partial charge on any atom is 0.409 e. The summed E-state index contributed by atoms with van der Waals surface area (Å²) in [5.41, 5.74) is 0.187. The van der Waals surface area contributed by atoms with Gasteiger partial charge in [-0.05, 0) is 19.8 Å². The van der Waals surface area contributed by atoms with Gasteiger partial charge in [-0.2, -0.15) is 0 Å². The molecule has 1 aliphatic carbocycles. The van der Waals surface area contributed by atoms with Crippen LogP contribution < -0.4 is 21.1 Å². The summed E-state index contributed by atoms with van der Waals surface area (Å²) >= 11 is 0. The predicted molar refractivity (Wildman–Crippen MR) is 92.7 cm³/mol. The second kappa shape index (κ2) is 7.23. The Morgan fingerprint density at radius 3 is 2.38 bits per heavy atom. The number of ether oxygens (including phenoxy) is 1. The molecule has 1 aromatic carbocycles. The lowest BCUT2D eigenvalue weighted by atomic mass is 9.95. The predicted octanol–water partition coefficient (Wildman–Crippen LogP) is 1.31. The first-order valence-electron chi connectivity index (χ1n) is 8.88. The Morgan fingerprint density at radius 1 is 1.08 bits per heavy atom. The van der Waals surface area contributed by atoms with E-state index in [4.69, 9.17) is 4.74 Å². The molecule has 2 fully saturated rings. The van der Waals surface area contributed by atoms with Gasteiger partial charge in [0.1, 0.15) is 11.4 Å². The number of nitrogens with zero attached hydrogens (tertiary/aromatic N) is 2. The van der Waals surface area contributed by atoms with Crippen molar-refractivity contribution in [3.8, 4) is 0 Å². The first kappa shape index (κ1) is 16.8. The third-order valence-electron chi connectivity index (χ3n) is 4.96. The van der Waals surface area contributed by atoms with Gasteiger partial charge in [-0.25, -0.2) is 4.79 Å². The quantitative estimate of drug-likeness (QED) is 0.836. The number of carbonyl (C=O) groups excluding carboxylic acids is 1. The fourth-order valence-electron chi connectivity index (χ4n) is 3.59. The van der Waals surface area contributed by atoms with Crippen LogP contribution in [0.1, 0.15) is 39.0 Å². The second-order valence-corrected chi connectivity index (χ2v) is 6.53. The van der Waals surface area contributed by atoms with Crippen LogP contribution in [0.2, 0.25) is 0 Å². The third-order valence-corrected chi connectivity index (χ3v) is 4.96. The number of anilines is 2. The van der Waals surface area contributed by atoms with E-state index in [-0.39, 0.29) is 6.09 Å². The van der Waals surface area contributed by atoms with E-state index < -0.39 is 10.9 Å². The van der Waals surface area contributed by atoms with Gasteiger partial charge in [-0.3, -0.25) is 9.59 Å². The molecule has 24 heavy (non-hydrogen) atoms. The zero-order valence-electron chi connectivity index (χ0n) is 14.2. The minimum atomic E-state index is -0.405. The Morgan fingerprint density at radius 2 is 1.75 bits per heavy atom. The normalized spacial score (nSPS) is 19.5. The number of hydrogen-bond acceptors (Lipinski definition) is 6. The van der Waals surface area contributed by atoms with Gasteiger partial charge in [0.15, 0.2) is 0 Å². The molecule has 0 radical (unpaired) electrons. The van der Waals surface area contributed by atoms with Crippen LogP contribution >= 0.6 is 0 Å². The molecule has 0 unspecified atom stereocenters. The molecule has 1 saturated carbocycles. The minimum Gasteiger partial charge on any atom is -0.450 e. The maximum absolute atomic E-state index is 12.0. The summed E-state index contributed by atoms with van der Waals surface area (Å²) in [7, 11) is 0. The molecule has 1 N–H and O–H groups in total. The number of nitrogens with one attached hydrogen (secondary N) is 1. The average molecular weight is 335 g/mol. The average Bonchev–Trinajstić information content (AvgIpc) is 2.62. The first-order valence-corrected chi connectivity index (χ1v) is 8.88. The standard InChI is InChI=1S/C17H25N3O4/c1-2-24-17(23)20-10-8-19(9-11-20)14-13(15(21)16(14)22)18-12-6-4-3-5-7-12/h12,18H,2-11H2,1H3. The molecular formula is C17H25N3O4. The Labute approximate surface area is 141 Å². The van der Waals surface area contributed by atoms with Crippen molar-refractivity contribution < 1.29 is 9.53 Å². The summed E-state index contributed by atoms with van der Waals surface area (Å²) in [4.78, 5) is 39.3. The fourth-order valence-corrected chi connectivity index (χ4v) is 3.59. The highest BCUT2D eigenvalue weighted by atomic mass is 16.6. The number of piperazine rings is 1. The second-order valence-electron chi connectivity index (χ2n) is 6.53. The summed E-state index contributed by atoms with van der Waals surface area (Å²) in [6.07, 6.45) is 5.36. The van der Waals surface area contributed by atoms with E-state index in [9.17, 15) is 14.4 Å². The van der Waals surface area contributed by atoms with Crippen LogP contribution in [0.5, 0.6) is 0 Å². The van der Waals surface area contributed by atoms with Crippen LogP contribution in [0.4, 0.5) is 16.2 Å². The molecule has 1 amide bonds. The van der Waals surface area contributed by atoms with E-state index in [0.29, 0.717) is 50.2 Å². The summed E-state index contributed by atoms with van der Waals surface area (Å²) in [6, 6.07) is 0.293. The third kappa shape index (κ3) is 3.25. The Bertz CT molecular complexity index is 651. The maximum atomic E-state index is 12.0. The van der Waals surface area contributed by atoms with Gasteiger partial charge in [0.25, 0.3) is 10.9 Å². The Kier molecular flexibility index (Phi) is 5.06. The molecule has 1 aliphatic heterocycles. The summed E-state index contributed by atoms with van der Waals surface area (Å²) < 4.78 is 5.00. The number of rotatable bonds is 4. The molecule has 0 atom stereocenters. The van der Waals surface area contributed by atoms with Crippen LogP contribution in [-0.2, 0) is 4.74 Å². The van der Waals surface area contributed by atoms with E-state index in [1.165, 1.54) is 19.3 Å². The monoisotopic (exact) mass is 335 g/mol. The summed E-state index contributed by atoms with van der Waals surface area (Å²) in [5.74, 6) is 0. The lowest BCUT2D eigenvalue weighted by Crippen LogP contribution is -2.53. The molecule has 1 aromatic rings. The van der Waals surface area contributed by atoms with E-state index in [1.807, 2.05) is 4.90 Å². The molecule has 0 spiro atoms. The molecule has 2 aliphatic rings. The largest absolute Gasteiger partial charge is 0.450 e. The molecule has 1 heterocycles. The van der Waals surface area contributed by atoms with Crippen LogP contribution in [0.25, 0.3) is 0 Å². The van der Waals surface area contributed by atoms with Gasteiger partial charge in [-0.1, -0.05) is 19.3 Å². The lowest BCUT2D eigenvalue weighted by molar-refractivity contribution is 0.105. The lowest BCUT2D eigenvalue weighted by Gasteiger charge is -2.37. The van der Waals surface area contributed by atoms with E-state index in [1.54, 1.807) is 11.8 Å². The molecule has 7 nitrogen and oxygen atoms in total. The SMILES string of the molecule is CCOC(=O)N1CCN(c2c(NC3CCCCC3)c(=O)c2=O)CC1. The van der Waals surface area contributed by atoms with Gasteiger partial charge >= 0.3 is 6.09 Å². The molecular weight excluding hydrogens is 310 g/mol. The van der Waals surface area contributed by atoms with Crippen LogP contribution in [-0.4, -0.2) is 49.8 Å². The summed E-state index contributed by atoms with van der Waals surface area (Å²) in [5, 5.41) is 3.30. The van der Waals surface area contributed by atoms with Crippen molar-refractivity contribution in [2.75, 3.05) is 43.0 Å². The van der Waals surface area contributed by atoms with Crippen LogP contribution in [0.15, 0.2) is 9.59 Å². The number of amides is 1. The molecule has 0 aromatic heterocycles. The smallest absolute Gasteiger partial charge is 0.409 e. The van der Waals surface area contributed by atoms with Crippen LogP contribution in [0.3, 0.4) is 0 Å². The van der Waals surface area contributed by atoms with Gasteiger partial charge < -0.3 is 19.9 Å². The van der Waals surface area contributed by atoms with Crippen molar-refractivity contribution in [2.24, 2.45) is 0 Å². The topological polar surface area (TPSA) is 79.0 Å². The fraction of sp³-hybridized carbons (Fsp3) is 0.706. The Balaban J connectivity index is 1.63. The van der Waals surface area contributed by atoms with Gasteiger partial charge in [0.05, 0.1) is 6.61 Å². The zero-order chi connectivity index (χ0) is 17.1. The molecule has 7 heteroatoms. The highest BCUT2D eigenvalue weighted by molar-refractivity contribution is 5.76. The summed E-state index contributed by atoms with van der Waals surface area (Å²) in [6.45, 7) is 4.22. The molecule has 1 saturated heterocycles. The van der Waals surface area contributed by atoms with Gasteiger partial charge in [-0.15, -0.1) is 0 Å². The highest BCUT2D eigenvalue weighted by Crippen LogP contribution is 2.26. The highest BCUT2D eigenvalue weighted by Gasteiger charge is 2.31.